The summed E-state index contributed by atoms with van der Waals surface area (Å²) in [5.41, 5.74) is -0.457. The molecule has 2 aromatic rings. The smallest absolute Gasteiger partial charge is 0.416 e. The van der Waals surface area contributed by atoms with Crippen LogP contribution in [-0.2, 0) is 15.7 Å². The number of nitrogens with zero attached hydrogens (tertiary/aromatic N) is 1. The van der Waals surface area contributed by atoms with Crippen molar-refractivity contribution in [2.75, 3.05) is 6.61 Å². The first kappa shape index (κ1) is 15.7. The van der Waals surface area contributed by atoms with E-state index in [-0.39, 0.29) is 11.1 Å². The largest absolute Gasteiger partial charge is 0.507 e. The van der Waals surface area contributed by atoms with Gasteiger partial charge in [0.2, 0.25) is 0 Å². The number of aromatic nitrogens is 1. The first-order valence-electron chi connectivity index (χ1n) is 5.60. The minimum absolute atomic E-state index is 0.104. The van der Waals surface area contributed by atoms with Gasteiger partial charge in [-0.25, -0.2) is 0 Å². The fourth-order valence-corrected chi connectivity index (χ4v) is 1.38. The van der Waals surface area contributed by atoms with Crippen molar-refractivity contribution < 1.29 is 27.8 Å². The lowest BCUT2D eigenvalue weighted by atomic mass is 10.1. The minimum Gasteiger partial charge on any atom is -0.507 e. The molecule has 0 aliphatic heterocycles. The number of benzene rings is 1. The molecule has 20 heavy (non-hydrogen) atoms. The molecule has 1 aromatic heterocycles. The highest BCUT2D eigenvalue weighted by Gasteiger charge is 2.30. The van der Waals surface area contributed by atoms with Crippen molar-refractivity contribution in [3.63, 3.8) is 0 Å². The van der Waals surface area contributed by atoms with E-state index in [1.807, 2.05) is 0 Å². The fraction of sp³-hybridized carbons (Fsp3) is 0.231. The molecule has 0 amide bonds. The first-order chi connectivity index (χ1) is 9.40. The van der Waals surface area contributed by atoms with Gasteiger partial charge in [0.15, 0.2) is 0 Å². The fourth-order valence-electron chi connectivity index (χ4n) is 1.38. The normalized spacial score (nSPS) is 10.6. The number of alkyl halides is 3. The van der Waals surface area contributed by atoms with Crippen molar-refractivity contribution in [3.05, 3.63) is 36.0 Å². The van der Waals surface area contributed by atoms with Gasteiger partial charge in [0.05, 0.1) is 17.7 Å². The highest BCUT2D eigenvalue weighted by Crippen LogP contribution is 2.33. The number of aromatic hydroxyl groups is 1. The Labute approximate surface area is 112 Å². The van der Waals surface area contributed by atoms with Gasteiger partial charge >= 0.3 is 6.18 Å². The maximum absolute atomic E-state index is 12.3. The van der Waals surface area contributed by atoms with Crippen molar-refractivity contribution in [2.45, 2.75) is 13.1 Å². The Hall–Kier alpha value is -2.31. The molecule has 0 saturated carbocycles. The molecule has 7 heteroatoms. The van der Waals surface area contributed by atoms with Crippen LogP contribution in [-0.4, -0.2) is 23.2 Å². The number of carbonyl (C=O) groups excluding carboxylic acids is 1. The monoisotopic (exact) mass is 287 g/mol. The molecule has 0 spiro atoms. The van der Waals surface area contributed by atoms with Gasteiger partial charge < -0.3 is 9.84 Å². The molecule has 0 fully saturated rings. The summed E-state index contributed by atoms with van der Waals surface area (Å²) in [6.45, 7) is 2.66. The Morgan fingerprint density at radius 3 is 2.55 bits per heavy atom. The molecular weight excluding hydrogens is 275 g/mol. The number of pyridine rings is 1. The molecule has 0 saturated heterocycles. The third-order valence-electron chi connectivity index (χ3n) is 2.28. The Kier molecular flexibility index (Phi) is 5.31. The Bertz CT molecular complexity index is 585. The molecule has 0 bridgehead atoms. The van der Waals surface area contributed by atoms with Crippen LogP contribution >= 0.6 is 0 Å². The highest BCUT2D eigenvalue weighted by atomic mass is 19.4. The van der Waals surface area contributed by atoms with E-state index >= 15 is 0 Å². The molecule has 0 aliphatic carbocycles. The Morgan fingerprint density at radius 1 is 1.35 bits per heavy atom. The van der Waals surface area contributed by atoms with Crippen molar-refractivity contribution >= 4 is 17.4 Å². The average molecular weight is 287 g/mol. The SMILES string of the molecule is CCOC=O.Oc1ccnc2ccc(C(F)(F)F)cc12. The predicted octanol–water partition coefficient (Wildman–Crippen LogP) is 3.14. The van der Waals surface area contributed by atoms with Crippen molar-refractivity contribution in [1.82, 2.24) is 4.98 Å². The summed E-state index contributed by atoms with van der Waals surface area (Å²) in [6.07, 6.45) is -3.07. The summed E-state index contributed by atoms with van der Waals surface area (Å²) in [4.78, 5) is 13.0. The number of hydrogen-bond acceptors (Lipinski definition) is 4. The standard InChI is InChI=1S/C10H6F3NO.C3H6O2/c11-10(12,13)6-1-2-8-7(5-6)9(15)3-4-14-8;1-2-5-3-4/h1-5H,(H,14,15);3H,2H2,1H3. The van der Waals surface area contributed by atoms with E-state index < -0.39 is 11.7 Å². The molecule has 4 nitrogen and oxygen atoms in total. The van der Waals surface area contributed by atoms with Gasteiger partial charge in [0.25, 0.3) is 6.47 Å². The van der Waals surface area contributed by atoms with Gasteiger partial charge in [0, 0.05) is 11.6 Å². The second-order valence-electron chi connectivity index (χ2n) is 3.61. The Morgan fingerprint density at radius 2 is 2.05 bits per heavy atom. The topological polar surface area (TPSA) is 59.4 Å². The summed E-state index contributed by atoms with van der Waals surface area (Å²) in [5.74, 6) is -0.203. The average Bonchev–Trinajstić information content (AvgIpc) is 2.39. The van der Waals surface area contributed by atoms with Crippen LogP contribution < -0.4 is 0 Å². The van der Waals surface area contributed by atoms with E-state index in [0.29, 0.717) is 18.6 Å². The molecule has 0 atom stereocenters. The zero-order chi connectivity index (χ0) is 15.2. The van der Waals surface area contributed by atoms with E-state index in [4.69, 9.17) is 0 Å². The van der Waals surface area contributed by atoms with Crippen molar-refractivity contribution in [3.8, 4) is 5.75 Å². The lowest BCUT2D eigenvalue weighted by Crippen LogP contribution is -2.04. The van der Waals surface area contributed by atoms with Crippen LogP contribution in [0.5, 0.6) is 5.75 Å². The van der Waals surface area contributed by atoms with Crippen LogP contribution in [0.1, 0.15) is 12.5 Å². The van der Waals surface area contributed by atoms with Crippen molar-refractivity contribution in [2.24, 2.45) is 0 Å². The minimum atomic E-state index is -4.41. The maximum atomic E-state index is 12.3. The van der Waals surface area contributed by atoms with Crippen molar-refractivity contribution in [1.29, 1.82) is 0 Å². The van der Waals surface area contributed by atoms with E-state index in [1.165, 1.54) is 18.3 Å². The number of carbonyl (C=O) groups is 1. The molecule has 0 aliphatic rings. The second kappa shape index (κ2) is 6.74. The first-order valence-corrected chi connectivity index (χ1v) is 5.60. The molecule has 1 aromatic carbocycles. The molecule has 108 valence electrons. The van der Waals surface area contributed by atoms with Gasteiger partial charge in [-0.05, 0) is 31.2 Å². The van der Waals surface area contributed by atoms with E-state index in [1.54, 1.807) is 6.92 Å². The zero-order valence-corrected chi connectivity index (χ0v) is 10.5. The van der Waals surface area contributed by atoms with Crippen LogP contribution in [0.15, 0.2) is 30.5 Å². The summed E-state index contributed by atoms with van der Waals surface area (Å²) >= 11 is 0. The van der Waals surface area contributed by atoms with E-state index in [2.05, 4.69) is 9.72 Å². The van der Waals surface area contributed by atoms with Gasteiger partial charge in [-0.2, -0.15) is 13.2 Å². The molecule has 1 N–H and O–H groups in total. The van der Waals surface area contributed by atoms with Crippen LogP contribution in [0.2, 0.25) is 0 Å². The summed E-state index contributed by atoms with van der Waals surface area (Å²) in [7, 11) is 0. The number of halogens is 3. The van der Waals surface area contributed by atoms with Gasteiger partial charge in [-0.1, -0.05) is 0 Å². The molecular formula is C13H12F3NO3. The Balaban J connectivity index is 0.000000347. The lowest BCUT2D eigenvalue weighted by Gasteiger charge is -2.07. The molecule has 1 heterocycles. The summed E-state index contributed by atoms with van der Waals surface area (Å²) < 4.78 is 41.2. The van der Waals surface area contributed by atoms with Crippen LogP contribution in [0.3, 0.4) is 0 Å². The number of fused-ring (bicyclic) bond motifs is 1. The molecule has 0 unspecified atom stereocenters. The summed E-state index contributed by atoms with van der Waals surface area (Å²) in [5, 5.41) is 9.46. The maximum Gasteiger partial charge on any atom is 0.416 e. The molecule has 0 radical (unpaired) electrons. The lowest BCUT2D eigenvalue weighted by molar-refractivity contribution is -0.137. The third-order valence-corrected chi connectivity index (χ3v) is 2.28. The second-order valence-corrected chi connectivity index (χ2v) is 3.61. The zero-order valence-electron chi connectivity index (χ0n) is 10.5. The number of hydrogen-bond donors (Lipinski definition) is 1. The van der Waals surface area contributed by atoms with Crippen LogP contribution in [0.25, 0.3) is 10.9 Å². The van der Waals surface area contributed by atoms with Gasteiger partial charge in [-0.3, -0.25) is 9.78 Å². The third kappa shape index (κ3) is 4.11. The van der Waals surface area contributed by atoms with Crippen LogP contribution in [0, 0.1) is 0 Å². The number of ether oxygens (including phenoxy) is 1. The quantitative estimate of drug-likeness (QED) is 0.862. The summed E-state index contributed by atoms with van der Waals surface area (Å²) in [6, 6.07) is 4.31. The van der Waals surface area contributed by atoms with E-state index in [9.17, 15) is 23.1 Å². The van der Waals surface area contributed by atoms with Gasteiger partial charge in [0.1, 0.15) is 5.75 Å². The van der Waals surface area contributed by atoms with Gasteiger partial charge in [-0.15, -0.1) is 0 Å². The number of rotatable bonds is 2. The highest BCUT2D eigenvalue weighted by molar-refractivity contribution is 5.85. The van der Waals surface area contributed by atoms with E-state index in [0.717, 1.165) is 12.1 Å². The predicted molar refractivity (Wildman–Crippen MR) is 66.1 cm³/mol. The van der Waals surface area contributed by atoms with Crippen LogP contribution in [0.4, 0.5) is 13.2 Å². The molecule has 2 rings (SSSR count).